The number of hydrogen-bond donors (Lipinski definition) is 2. The highest BCUT2D eigenvalue weighted by Gasteiger charge is 2.23. The zero-order valence-corrected chi connectivity index (χ0v) is 13.5. The van der Waals surface area contributed by atoms with Crippen LogP contribution in [0.5, 0.6) is 0 Å². The molecule has 0 heterocycles. The predicted octanol–water partition coefficient (Wildman–Crippen LogP) is 2.21. The van der Waals surface area contributed by atoms with E-state index in [9.17, 15) is 12.8 Å². The van der Waals surface area contributed by atoms with E-state index in [4.69, 9.17) is 5.73 Å². The maximum Gasteiger partial charge on any atom is 0.243 e. The molecule has 0 saturated carbocycles. The molecule has 0 fully saturated rings. The van der Waals surface area contributed by atoms with E-state index in [0.717, 1.165) is 6.07 Å². The van der Waals surface area contributed by atoms with Gasteiger partial charge in [0, 0.05) is 12.6 Å². The Hall–Kier alpha value is -0.690. The van der Waals surface area contributed by atoms with Crippen LogP contribution in [-0.2, 0) is 10.0 Å². The SMILES string of the molecule is Cc1ccc(F)c(S(=O)(=O)NC(CN)CC(C)C)c1.Cl. The Morgan fingerprint density at radius 3 is 2.45 bits per heavy atom. The second kappa shape index (κ2) is 7.93. The van der Waals surface area contributed by atoms with Gasteiger partial charge in [0.15, 0.2) is 0 Å². The number of hydrogen-bond acceptors (Lipinski definition) is 3. The summed E-state index contributed by atoms with van der Waals surface area (Å²) in [5.74, 6) is -0.447. The quantitative estimate of drug-likeness (QED) is 0.842. The first-order chi connectivity index (χ1) is 8.76. The first-order valence-corrected chi connectivity index (χ1v) is 7.73. The Bertz CT molecular complexity index is 535. The van der Waals surface area contributed by atoms with Crippen LogP contribution in [0.4, 0.5) is 4.39 Å². The van der Waals surface area contributed by atoms with Gasteiger partial charge in [-0.05, 0) is 37.0 Å². The van der Waals surface area contributed by atoms with E-state index in [1.807, 2.05) is 13.8 Å². The summed E-state index contributed by atoms with van der Waals surface area (Å²) in [6, 6.07) is 3.62. The summed E-state index contributed by atoms with van der Waals surface area (Å²) in [5, 5.41) is 0. The van der Waals surface area contributed by atoms with Gasteiger partial charge in [0.1, 0.15) is 10.7 Å². The molecule has 4 nitrogen and oxygen atoms in total. The molecular weight excluding hydrogens is 303 g/mol. The minimum Gasteiger partial charge on any atom is -0.329 e. The van der Waals surface area contributed by atoms with Crippen molar-refractivity contribution >= 4 is 22.4 Å². The molecule has 0 radical (unpaired) electrons. The summed E-state index contributed by atoms with van der Waals surface area (Å²) in [6.07, 6.45) is 0.614. The third-order valence-corrected chi connectivity index (χ3v) is 4.27. The Balaban J connectivity index is 0.00000361. The van der Waals surface area contributed by atoms with E-state index >= 15 is 0 Å². The third-order valence-electron chi connectivity index (χ3n) is 2.74. The van der Waals surface area contributed by atoms with Crippen molar-refractivity contribution in [2.24, 2.45) is 11.7 Å². The Labute approximate surface area is 126 Å². The first-order valence-electron chi connectivity index (χ1n) is 6.24. The van der Waals surface area contributed by atoms with Gasteiger partial charge >= 0.3 is 0 Å². The fourth-order valence-corrected chi connectivity index (χ4v) is 3.28. The third kappa shape index (κ3) is 5.36. The van der Waals surface area contributed by atoms with Gasteiger partial charge in [-0.2, -0.15) is 0 Å². The lowest BCUT2D eigenvalue weighted by Gasteiger charge is -2.19. The highest BCUT2D eigenvalue weighted by molar-refractivity contribution is 7.89. The van der Waals surface area contributed by atoms with Crippen molar-refractivity contribution in [1.82, 2.24) is 4.72 Å². The van der Waals surface area contributed by atoms with Crippen molar-refractivity contribution in [3.8, 4) is 0 Å². The lowest BCUT2D eigenvalue weighted by Crippen LogP contribution is -2.41. The largest absolute Gasteiger partial charge is 0.329 e. The van der Waals surface area contributed by atoms with E-state index in [-0.39, 0.29) is 29.9 Å². The minimum atomic E-state index is -3.88. The van der Waals surface area contributed by atoms with E-state index in [0.29, 0.717) is 17.9 Å². The summed E-state index contributed by atoms with van der Waals surface area (Å²) < 4.78 is 40.4. The molecule has 1 aromatic rings. The predicted molar refractivity (Wildman–Crippen MR) is 81.0 cm³/mol. The van der Waals surface area contributed by atoms with Gasteiger partial charge in [-0.15, -0.1) is 12.4 Å². The molecule has 7 heteroatoms. The summed E-state index contributed by atoms with van der Waals surface area (Å²) >= 11 is 0. The number of halogens is 2. The molecule has 0 aromatic heterocycles. The Morgan fingerprint density at radius 1 is 1.35 bits per heavy atom. The fourth-order valence-electron chi connectivity index (χ4n) is 1.86. The molecular formula is C13H22ClFN2O2S. The molecule has 0 aliphatic carbocycles. The van der Waals surface area contributed by atoms with Crippen molar-refractivity contribution in [2.75, 3.05) is 6.54 Å². The molecule has 0 aliphatic heterocycles. The number of rotatable bonds is 6. The Kier molecular flexibility index (Phi) is 7.65. The number of nitrogens with one attached hydrogen (secondary N) is 1. The van der Waals surface area contributed by atoms with Crippen molar-refractivity contribution in [3.63, 3.8) is 0 Å². The molecule has 3 N–H and O–H groups in total. The van der Waals surface area contributed by atoms with Gasteiger partial charge in [0.05, 0.1) is 0 Å². The van der Waals surface area contributed by atoms with Crippen LogP contribution < -0.4 is 10.5 Å². The molecule has 0 saturated heterocycles. The average molecular weight is 325 g/mol. The molecule has 1 rings (SSSR count). The monoisotopic (exact) mass is 324 g/mol. The highest BCUT2D eigenvalue weighted by Crippen LogP contribution is 2.17. The van der Waals surface area contributed by atoms with Crippen LogP contribution >= 0.6 is 12.4 Å². The van der Waals surface area contributed by atoms with Crippen LogP contribution in [0.3, 0.4) is 0 Å². The molecule has 0 bridgehead atoms. The number of sulfonamides is 1. The van der Waals surface area contributed by atoms with Gasteiger partial charge in [0.2, 0.25) is 10.0 Å². The zero-order chi connectivity index (χ0) is 14.6. The highest BCUT2D eigenvalue weighted by atomic mass is 35.5. The Morgan fingerprint density at radius 2 is 1.95 bits per heavy atom. The summed E-state index contributed by atoms with van der Waals surface area (Å²) in [7, 11) is -3.88. The normalized spacial score (nSPS) is 13.1. The first kappa shape index (κ1) is 19.3. The maximum absolute atomic E-state index is 13.6. The number of aryl methyl sites for hydroxylation is 1. The smallest absolute Gasteiger partial charge is 0.243 e. The molecule has 0 amide bonds. The van der Waals surface area contributed by atoms with E-state index < -0.39 is 15.8 Å². The fraction of sp³-hybridized carbons (Fsp3) is 0.538. The summed E-state index contributed by atoms with van der Waals surface area (Å²) in [5.41, 5.74) is 6.24. The standard InChI is InChI=1S/C13H21FN2O2S.ClH/c1-9(2)6-11(8-15)16-19(17,18)13-7-10(3)4-5-12(13)14;/h4-5,7,9,11,16H,6,8,15H2,1-3H3;1H. The van der Waals surface area contributed by atoms with Crippen molar-refractivity contribution in [3.05, 3.63) is 29.6 Å². The second-order valence-corrected chi connectivity index (χ2v) is 6.80. The van der Waals surface area contributed by atoms with Crippen LogP contribution in [0.2, 0.25) is 0 Å². The molecule has 1 atom stereocenters. The van der Waals surface area contributed by atoms with Crippen LogP contribution in [0.1, 0.15) is 25.8 Å². The van der Waals surface area contributed by atoms with Gasteiger partial charge in [0.25, 0.3) is 0 Å². The van der Waals surface area contributed by atoms with Crippen LogP contribution in [0.25, 0.3) is 0 Å². The molecule has 116 valence electrons. The van der Waals surface area contributed by atoms with E-state index in [1.165, 1.54) is 12.1 Å². The molecule has 20 heavy (non-hydrogen) atoms. The molecule has 0 spiro atoms. The van der Waals surface area contributed by atoms with Crippen LogP contribution in [0, 0.1) is 18.7 Å². The second-order valence-electron chi connectivity index (χ2n) is 5.12. The molecule has 1 aromatic carbocycles. The summed E-state index contributed by atoms with van der Waals surface area (Å²) in [6.45, 7) is 5.85. The maximum atomic E-state index is 13.6. The van der Waals surface area contributed by atoms with Crippen molar-refractivity contribution in [1.29, 1.82) is 0 Å². The topological polar surface area (TPSA) is 72.2 Å². The van der Waals surface area contributed by atoms with E-state index in [1.54, 1.807) is 6.92 Å². The minimum absolute atomic E-state index is 0. The molecule has 1 unspecified atom stereocenters. The lowest BCUT2D eigenvalue weighted by atomic mass is 10.1. The van der Waals surface area contributed by atoms with Gasteiger partial charge < -0.3 is 5.73 Å². The van der Waals surface area contributed by atoms with Crippen molar-refractivity contribution < 1.29 is 12.8 Å². The van der Waals surface area contributed by atoms with Crippen LogP contribution in [0.15, 0.2) is 23.1 Å². The van der Waals surface area contributed by atoms with Gasteiger partial charge in [-0.25, -0.2) is 17.5 Å². The van der Waals surface area contributed by atoms with Crippen LogP contribution in [-0.4, -0.2) is 21.0 Å². The number of benzene rings is 1. The number of nitrogens with two attached hydrogens (primary N) is 1. The lowest BCUT2D eigenvalue weighted by molar-refractivity contribution is 0.463. The molecule has 0 aliphatic rings. The zero-order valence-electron chi connectivity index (χ0n) is 11.9. The van der Waals surface area contributed by atoms with Gasteiger partial charge in [-0.3, -0.25) is 0 Å². The van der Waals surface area contributed by atoms with Gasteiger partial charge in [-0.1, -0.05) is 19.9 Å². The van der Waals surface area contributed by atoms with Crippen molar-refractivity contribution in [2.45, 2.75) is 38.1 Å². The van der Waals surface area contributed by atoms with E-state index in [2.05, 4.69) is 4.72 Å². The average Bonchev–Trinajstić information content (AvgIpc) is 2.30. The summed E-state index contributed by atoms with van der Waals surface area (Å²) in [4.78, 5) is -0.324.